The van der Waals surface area contributed by atoms with Crippen LogP contribution in [-0.2, 0) is 13.5 Å². The number of rotatable bonds is 3. The summed E-state index contributed by atoms with van der Waals surface area (Å²) in [5.41, 5.74) is 2.95. The molecular formula is C15H16ClN3. The van der Waals surface area contributed by atoms with Crippen LogP contribution >= 0.6 is 11.6 Å². The minimum atomic E-state index is 0.573. The topological polar surface area (TPSA) is 29.9 Å². The zero-order valence-electron chi connectivity index (χ0n) is 11.1. The largest absolute Gasteiger partial charge is 0.371 e. The second-order valence-corrected chi connectivity index (χ2v) is 4.56. The first-order valence-corrected chi connectivity index (χ1v) is 6.58. The van der Waals surface area contributed by atoms with Crippen LogP contribution in [0.15, 0.2) is 30.5 Å². The van der Waals surface area contributed by atoms with Gasteiger partial charge in [-0.15, -0.1) is 0 Å². The summed E-state index contributed by atoms with van der Waals surface area (Å²) < 4.78 is 1.81. The fourth-order valence-corrected chi connectivity index (χ4v) is 1.97. The Kier molecular flexibility index (Phi) is 4.48. The van der Waals surface area contributed by atoms with Crippen LogP contribution < -0.4 is 5.32 Å². The molecule has 0 amide bonds. The molecule has 0 unspecified atom stereocenters. The smallest absolute Gasteiger partial charge is 0.0853 e. The Morgan fingerprint density at radius 1 is 1.37 bits per heavy atom. The standard InChI is InChI=1S/C15H16ClN3/c1-3-14-15(11-19(2)18-14)17-10-6-8-12-7-4-5-9-13(12)16/h4-5,7,9,11,17H,3,10H2,1-2H3. The molecule has 0 spiro atoms. The summed E-state index contributed by atoms with van der Waals surface area (Å²) in [6, 6.07) is 7.58. The Morgan fingerprint density at radius 2 is 2.16 bits per heavy atom. The zero-order chi connectivity index (χ0) is 13.7. The molecule has 98 valence electrons. The molecule has 0 saturated heterocycles. The molecule has 3 nitrogen and oxygen atoms in total. The molecule has 19 heavy (non-hydrogen) atoms. The molecule has 2 aromatic rings. The second-order valence-electron chi connectivity index (χ2n) is 4.15. The lowest BCUT2D eigenvalue weighted by atomic mass is 10.2. The number of hydrogen-bond acceptors (Lipinski definition) is 2. The lowest BCUT2D eigenvalue weighted by molar-refractivity contribution is 0.746. The number of benzene rings is 1. The van der Waals surface area contributed by atoms with Crippen LogP contribution in [0.2, 0.25) is 5.02 Å². The maximum atomic E-state index is 6.03. The first-order chi connectivity index (χ1) is 9.20. The van der Waals surface area contributed by atoms with E-state index in [1.165, 1.54) is 0 Å². The van der Waals surface area contributed by atoms with Crippen molar-refractivity contribution in [2.45, 2.75) is 13.3 Å². The molecule has 0 aliphatic heterocycles. The quantitative estimate of drug-likeness (QED) is 0.871. The average molecular weight is 274 g/mol. The number of aromatic nitrogens is 2. The van der Waals surface area contributed by atoms with Crippen molar-refractivity contribution >= 4 is 17.3 Å². The van der Waals surface area contributed by atoms with Gasteiger partial charge >= 0.3 is 0 Å². The number of anilines is 1. The van der Waals surface area contributed by atoms with Crippen molar-refractivity contribution in [2.24, 2.45) is 7.05 Å². The predicted octanol–water partition coefficient (Wildman–Crippen LogP) is 3.10. The minimum absolute atomic E-state index is 0.573. The molecule has 1 aromatic carbocycles. The first kappa shape index (κ1) is 13.5. The van der Waals surface area contributed by atoms with E-state index in [9.17, 15) is 0 Å². The predicted molar refractivity (Wildman–Crippen MR) is 79.4 cm³/mol. The second kappa shape index (κ2) is 6.31. The fraction of sp³-hybridized carbons (Fsp3) is 0.267. The van der Waals surface area contributed by atoms with E-state index in [0.29, 0.717) is 11.6 Å². The van der Waals surface area contributed by atoms with Gasteiger partial charge < -0.3 is 5.32 Å². The van der Waals surface area contributed by atoms with Gasteiger partial charge in [-0.25, -0.2) is 0 Å². The molecule has 0 saturated carbocycles. The van der Waals surface area contributed by atoms with Crippen molar-refractivity contribution < 1.29 is 0 Å². The van der Waals surface area contributed by atoms with E-state index in [1.54, 1.807) is 0 Å². The van der Waals surface area contributed by atoms with Gasteiger partial charge in [0.2, 0.25) is 0 Å². The fourth-order valence-electron chi connectivity index (χ4n) is 1.78. The molecule has 0 fully saturated rings. The Labute approximate surface area is 118 Å². The summed E-state index contributed by atoms with van der Waals surface area (Å²) in [6.45, 7) is 2.66. The van der Waals surface area contributed by atoms with Crippen LogP contribution in [0.3, 0.4) is 0 Å². The van der Waals surface area contributed by atoms with Gasteiger partial charge in [-0.05, 0) is 18.6 Å². The first-order valence-electron chi connectivity index (χ1n) is 6.20. The third-order valence-electron chi connectivity index (χ3n) is 2.70. The van der Waals surface area contributed by atoms with Crippen molar-refractivity contribution in [3.05, 3.63) is 46.7 Å². The van der Waals surface area contributed by atoms with Crippen molar-refractivity contribution in [1.29, 1.82) is 0 Å². The summed E-state index contributed by atoms with van der Waals surface area (Å²) >= 11 is 6.03. The number of halogens is 1. The minimum Gasteiger partial charge on any atom is -0.371 e. The van der Waals surface area contributed by atoms with Crippen LogP contribution in [-0.4, -0.2) is 16.3 Å². The lowest BCUT2D eigenvalue weighted by Gasteiger charge is -1.99. The van der Waals surface area contributed by atoms with Crippen LogP contribution in [0.5, 0.6) is 0 Å². The Hall–Kier alpha value is -1.92. The molecule has 4 heteroatoms. The highest BCUT2D eigenvalue weighted by Gasteiger charge is 2.03. The van der Waals surface area contributed by atoms with Gasteiger partial charge in [0.05, 0.1) is 22.9 Å². The summed E-state index contributed by atoms with van der Waals surface area (Å²) in [5, 5.41) is 8.33. The third kappa shape index (κ3) is 3.52. The van der Waals surface area contributed by atoms with E-state index in [-0.39, 0.29) is 0 Å². The number of nitrogens with zero attached hydrogens (tertiary/aromatic N) is 2. The highest BCUT2D eigenvalue weighted by molar-refractivity contribution is 6.31. The molecule has 0 aliphatic rings. The van der Waals surface area contributed by atoms with E-state index in [4.69, 9.17) is 11.6 Å². The normalized spacial score (nSPS) is 9.84. The van der Waals surface area contributed by atoms with E-state index < -0.39 is 0 Å². The average Bonchev–Trinajstić information content (AvgIpc) is 2.77. The van der Waals surface area contributed by atoms with Gasteiger partial charge in [0.15, 0.2) is 0 Å². The summed E-state index contributed by atoms with van der Waals surface area (Å²) in [4.78, 5) is 0. The monoisotopic (exact) mass is 273 g/mol. The molecule has 1 aromatic heterocycles. The molecule has 0 atom stereocenters. The van der Waals surface area contributed by atoms with Gasteiger partial charge in [0.25, 0.3) is 0 Å². The SMILES string of the molecule is CCc1nn(C)cc1NCC#Cc1ccccc1Cl. The van der Waals surface area contributed by atoms with Gasteiger partial charge in [-0.1, -0.05) is 42.5 Å². The molecule has 0 aliphatic carbocycles. The van der Waals surface area contributed by atoms with Gasteiger partial charge in [0.1, 0.15) is 0 Å². The van der Waals surface area contributed by atoms with E-state index in [0.717, 1.165) is 23.4 Å². The summed E-state index contributed by atoms with van der Waals surface area (Å²) in [7, 11) is 1.92. The number of nitrogens with one attached hydrogen (secondary N) is 1. The maximum absolute atomic E-state index is 6.03. The van der Waals surface area contributed by atoms with Crippen molar-refractivity contribution in [1.82, 2.24) is 9.78 Å². The summed E-state index contributed by atoms with van der Waals surface area (Å²) in [5.74, 6) is 6.12. The van der Waals surface area contributed by atoms with E-state index in [1.807, 2.05) is 42.2 Å². The van der Waals surface area contributed by atoms with Gasteiger partial charge in [-0.2, -0.15) is 5.10 Å². The Balaban J connectivity index is 1.99. The van der Waals surface area contributed by atoms with Gasteiger partial charge in [-0.3, -0.25) is 4.68 Å². The molecule has 0 bridgehead atoms. The molecule has 2 rings (SSSR count). The van der Waals surface area contributed by atoms with Crippen LogP contribution in [0, 0.1) is 11.8 Å². The number of hydrogen-bond donors (Lipinski definition) is 1. The van der Waals surface area contributed by atoms with Crippen LogP contribution in [0.4, 0.5) is 5.69 Å². The maximum Gasteiger partial charge on any atom is 0.0853 e. The summed E-state index contributed by atoms with van der Waals surface area (Å²) in [6.07, 6.45) is 2.87. The highest BCUT2D eigenvalue weighted by atomic mass is 35.5. The zero-order valence-corrected chi connectivity index (χ0v) is 11.8. The van der Waals surface area contributed by atoms with Gasteiger partial charge in [0, 0.05) is 18.8 Å². The highest BCUT2D eigenvalue weighted by Crippen LogP contribution is 2.14. The van der Waals surface area contributed by atoms with Crippen molar-refractivity contribution in [3.8, 4) is 11.8 Å². The molecular weight excluding hydrogens is 258 g/mol. The lowest BCUT2D eigenvalue weighted by Crippen LogP contribution is -2.00. The van der Waals surface area contributed by atoms with Crippen molar-refractivity contribution in [2.75, 3.05) is 11.9 Å². The number of aryl methyl sites for hydroxylation is 2. The van der Waals surface area contributed by atoms with Crippen LogP contribution in [0.25, 0.3) is 0 Å². The Bertz CT molecular complexity index is 620. The molecule has 1 heterocycles. The molecule has 0 radical (unpaired) electrons. The van der Waals surface area contributed by atoms with Crippen molar-refractivity contribution in [3.63, 3.8) is 0 Å². The van der Waals surface area contributed by atoms with E-state index >= 15 is 0 Å². The van der Waals surface area contributed by atoms with E-state index in [2.05, 4.69) is 29.2 Å². The Morgan fingerprint density at radius 3 is 2.89 bits per heavy atom. The van der Waals surface area contributed by atoms with Crippen LogP contribution in [0.1, 0.15) is 18.2 Å². The molecule has 1 N–H and O–H groups in total. The third-order valence-corrected chi connectivity index (χ3v) is 3.03.